The fourth-order valence-electron chi connectivity index (χ4n) is 3.36. The fraction of sp³-hybridized carbons (Fsp3) is 0.238. The van der Waals surface area contributed by atoms with Crippen molar-refractivity contribution in [3.63, 3.8) is 0 Å². The SMILES string of the molecule is COc1ccc(/C(O)=C2\C(=O)C(=O)N(CCO)C2c2ccc(O)cc2)cc1OC. The van der Waals surface area contributed by atoms with Crippen LogP contribution in [0.5, 0.6) is 17.2 Å². The second-order valence-electron chi connectivity index (χ2n) is 6.38. The number of methoxy groups -OCH3 is 2. The summed E-state index contributed by atoms with van der Waals surface area (Å²) in [5.74, 6) is -1.24. The second kappa shape index (κ2) is 8.24. The number of benzene rings is 2. The van der Waals surface area contributed by atoms with Gasteiger partial charge in [-0.05, 0) is 35.9 Å². The van der Waals surface area contributed by atoms with Crippen LogP contribution in [0.2, 0.25) is 0 Å². The van der Waals surface area contributed by atoms with Crippen molar-refractivity contribution < 1.29 is 34.4 Å². The number of aliphatic hydroxyl groups is 2. The van der Waals surface area contributed by atoms with E-state index in [1.54, 1.807) is 24.3 Å². The Balaban J connectivity index is 2.18. The minimum Gasteiger partial charge on any atom is -0.508 e. The number of hydrogen-bond donors (Lipinski definition) is 3. The number of carbonyl (C=O) groups excluding carboxylic acids is 2. The van der Waals surface area contributed by atoms with E-state index in [9.17, 15) is 24.9 Å². The van der Waals surface area contributed by atoms with E-state index in [-0.39, 0.29) is 35.8 Å². The molecule has 1 aliphatic heterocycles. The number of carbonyl (C=O) groups is 2. The third-order valence-electron chi connectivity index (χ3n) is 4.75. The van der Waals surface area contributed by atoms with Crippen molar-refractivity contribution >= 4 is 17.4 Å². The maximum absolute atomic E-state index is 12.7. The number of rotatable bonds is 6. The minimum atomic E-state index is -0.907. The molecule has 0 radical (unpaired) electrons. The molecule has 1 aliphatic rings. The van der Waals surface area contributed by atoms with E-state index >= 15 is 0 Å². The minimum absolute atomic E-state index is 0.0211. The van der Waals surface area contributed by atoms with Crippen LogP contribution < -0.4 is 9.47 Å². The van der Waals surface area contributed by atoms with Gasteiger partial charge in [0.25, 0.3) is 11.7 Å². The average Bonchev–Trinajstić information content (AvgIpc) is 2.98. The molecule has 3 rings (SSSR count). The lowest BCUT2D eigenvalue weighted by atomic mass is 9.95. The van der Waals surface area contributed by atoms with Gasteiger partial charge in [-0.1, -0.05) is 12.1 Å². The quantitative estimate of drug-likeness (QED) is 0.385. The lowest BCUT2D eigenvalue weighted by molar-refractivity contribution is -0.140. The Kier molecular flexibility index (Phi) is 5.74. The zero-order chi connectivity index (χ0) is 21.1. The topological polar surface area (TPSA) is 117 Å². The van der Waals surface area contributed by atoms with Crippen LogP contribution in [0.4, 0.5) is 0 Å². The number of amides is 1. The Bertz CT molecular complexity index is 965. The van der Waals surface area contributed by atoms with Crippen LogP contribution in [-0.2, 0) is 9.59 Å². The van der Waals surface area contributed by atoms with E-state index in [1.165, 1.54) is 37.3 Å². The first-order valence-electron chi connectivity index (χ1n) is 8.83. The van der Waals surface area contributed by atoms with E-state index in [0.29, 0.717) is 17.1 Å². The summed E-state index contributed by atoms with van der Waals surface area (Å²) in [6.45, 7) is -0.434. The van der Waals surface area contributed by atoms with Crippen LogP contribution in [-0.4, -0.2) is 59.3 Å². The molecule has 0 spiro atoms. The van der Waals surface area contributed by atoms with E-state index in [0.717, 1.165) is 0 Å². The van der Waals surface area contributed by atoms with Gasteiger partial charge >= 0.3 is 0 Å². The first-order valence-corrected chi connectivity index (χ1v) is 8.83. The molecular weight excluding hydrogens is 378 g/mol. The van der Waals surface area contributed by atoms with Crippen LogP contribution in [0, 0.1) is 0 Å². The highest BCUT2D eigenvalue weighted by Gasteiger charge is 2.45. The summed E-state index contributed by atoms with van der Waals surface area (Å²) in [7, 11) is 2.92. The third-order valence-corrected chi connectivity index (χ3v) is 4.75. The lowest BCUT2D eigenvalue weighted by Crippen LogP contribution is -2.32. The van der Waals surface area contributed by atoms with Gasteiger partial charge in [-0.25, -0.2) is 0 Å². The van der Waals surface area contributed by atoms with Crippen LogP contribution >= 0.6 is 0 Å². The van der Waals surface area contributed by atoms with E-state index in [4.69, 9.17) is 9.47 Å². The predicted octanol–water partition coefficient (Wildman–Crippen LogP) is 1.82. The maximum Gasteiger partial charge on any atom is 0.295 e. The van der Waals surface area contributed by atoms with Crippen molar-refractivity contribution in [2.24, 2.45) is 0 Å². The Morgan fingerprint density at radius 2 is 1.69 bits per heavy atom. The molecule has 1 unspecified atom stereocenters. The van der Waals surface area contributed by atoms with Gasteiger partial charge in [0.05, 0.1) is 32.4 Å². The van der Waals surface area contributed by atoms with Crippen molar-refractivity contribution in [1.82, 2.24) is 4.90 Å². The molecule has 0 saturated carbocycles. The number of ketones is 1. The van der Waals surface area contributed by atoms with Gasteiger partial charge in [0.2, 0.25) is 0 Å². The summed E-state index contributed by atoms with van der Waals surface area (Å²) >= 11 is 0. The second-order valence-corrected chi connectivity index (χ2v) is 6.38. The molecule has 0 aromatic heterocycles. The third kappa shape index (κ3) is 3.62. The number of likely N-dealkylation sites (tertiary alicyclic amines) is 1. The van der Waals surface area contributed by atoms with Crippen LogP contribution in [0.15, 0.2) is 48.0 Å². The van der Waals surface area contributed by atoms with Crippen LogP contribution in [0.3, 0.4) is 0 Å². The number of ether oxygens (including phenoxy) is 2. The average molecular weight is 399 g/mol. The molecule has 8 nitrogen and oxygen atoms in total. The van der Waals surface area contributed by atoms with Gasteiger partial charge in [0.1, 0.15) is 11.5 Å². The largest absolute Gasteiger partial charge is 0.508 e. The van der Waals surface area contributed by atoms with Gasteiger partial charge in [-0.2, -0.15) is 0 Å². The fourth-order valence-corrected chi connectivity index (χ4v) is 3.36. The summed E-state index contributed by atoms with van der Waals surface area (Å²) in [5, 5.41) is 29.8. The molecule has 8 heteroatoms. The molecule has 3 N–H and O–H groups in total. The highest BCUT2D eigenvalue weighted by Crippen LogP contribution is 2.40. The highest BCUT2D eigenvalue weighted by atomic mass is 16.5. The van der Waals surface area contributed by atoms with Crippen molar-refractivity contribution in [3.8, 4) is 17.2 Å². The molecule has 0 bridgehead atoms. The number of hydrogen-bond acceptors (Lipinski definition) is 7. The highest BCUT2D eigenvalue weighted by molar-refractivity contribution is 6.46. The van der Waals surface area contributed by atoms with Crippen molar-refractivity contribution in [2.75, 3.05) is 27.4 Å². The number of Topliss-reactive ketones (excluding diaryl/α,β-unsaturated/α-hetero) is 1. The number of β-amino-alcohol motifs (C(OH)–C–C–N with tert-alkyl or cyclic N) is 1. The van der Waals surface area contributed by atoms with Gasteiger partial charge in [-0.15, -0.1) is 0 Å². The molecular formula is C21H21NO7. The number of aliphatic hydroxyl groups excluding tert-OH is 2. The molecule has 1 amide bonds. The molecule has 2 aromatic carbocycles. The molecule has 1 heterocycles. The smallest absolute Gasteiger partial charge is 0.295 e. The first kappa shape index (κ1) is 20.2. The number of aromatic hydroxyl groups is 1. The first-order chi connectivity index (χ1) is 13.9. The Morgan fingerprint density at radius 3 is 2.28 bits per heavy atom. The molecule has 29 heavy (non-hydrogen) atoms. The Labute approximate surface area is 167 Å². The standard InChI is InChI=1S/C21H21NO7/c1-28-15-8-5-13(11-16(15)29-2)19(25)17-18(12-3-6-14(24)7-4-12)22(9-10-23)21(27)20(17)26/h3-8,11,18,23-25H,9-10H2,1-2H3/b19-17+. The van der Waals surface area contributed by atoms with E-state index < -0.39 is 17.7 Å². The summed E-state index contributed by atoms with van der Waals surface area (Å²) in [6.07, 6.45) is 0. The molecule has 152 valence electrons. The zero-order valence-corrected chi connectivity index (χ0v) is 16.0. The number of nitrogens with zero attached hydrogens (tertiary/aromatic N) is 1. The summed E-state index contributed by atoms with van der Waals surface area (Å²) in [6, 6.07) is 9.67. The van der Waals surface area contributed by atoms with Crippen molar-refractivity contribution in [1.29, 1.82) is 0 Å². The van der Waals surface area contributed by atoms with E-state index in [1.807, 2.05) is 0 Å². The van der Waals surface area contributed by atoms with Gasteiger partial charge in [-0.3, -0.25) is 9.59 Å². The summed E-state index contributed by atoms with van der Waals surface area (Å²) < 4.78 is 10.4. The normalized spacial score (nSPS) is 18.2. The number of phenols is 1. The van der Waals surface area contributed by atoms with Crippen LogP contribution in [0.25, 0.3) is 5.76 Å². The van der Waals surface area contributed by atoms with Crippen molar-refractivity contribution in [3.05, 3.63) is 59.2 Å². The molecule has 1 fully saturated rings. The monoisotopic (exact) mass is 399 g/mol. The predicted molar refractivity (Wildman–Crippen MR) is 104 cm³/mol. The molecule has 0 aliphatic carbocycles. The molecule has 1 saturated heterocycles. The van der Waals surface area contributed by atoms with Gasteiger partial charge in [0.15, 0.2) is 11.5 Å². The Morgan fingerprint density at radius 1 is 1.03 bits per heavy atom. The zero-order valence-electron chi connectivity index (χ0n) is 16.0. The Hall–Kier alpha value is -3.52. The molecule has 1 atom stereocenters. The molecule has 2 aromatic rings. The van der Waals surface area contributed by atoms with Crippen molar-refractivity contribution in [2.45, 2.75) is 6.04 Å². The number of phenolic OH excluding ortho intramolecular Hbond substituents is 1. The van der Waals surface area contributed by atoms with Gasteiger partial charge in [0, 0.05) is 12.1 Å². The summed E-state index contributed by atoms with van der Waals surface area (Å²) in [4.78, 5) is 26.5. The maximum atomic E-state index is 12.7. The van der Waals surface area contributed by atoms with E-state index in [2.05, 4.69) is 0 Å². The van der Waals surface area contributed by atoms with Crippen LogP contribution in [0.1, 0.15) is 17.2 Å². The van der Waals surface area contributed by atoms with Gasteiger partial charge < -0.3 is 29.7 Å². The summed E-state index contributed by atoms with van der Waals surface area (Å²) in [5.41, 5.74) is 0.673. The lowest BCUT2D eigenvalue weighted by Gasteiger charge is -2.24.